The number of primary amides is 1. The quantitative estimate of drug-likeness (QED) is 0.647. The molecule has 5 N–H and O–H groups in total. The van der Waals surface area contributed by atoms with E-state index in [4.69, 9.17) is 10.8 Å². The maximum Gasteiger partial charge on any atom is 0.336 e. The Labute approximate surface area is 117 Å². The number of aromatic carboxylic acids is 1. The average Bonchev–Trinajstić information content (AvgIpc) is 2.30. The monoisotopic (exact) mass is 329 g/mol. The number of hydrogen-bond donors (Lipinski definition) is 4. The summed E-state index contributed by atoms with van der Waals surface area (Å²) in [5.74, 6) is -1.62. The predicted octanol–water partition coefficient (Wildman–Crippen LogP) is 1.14. The van der Waals surface area contributed by atoms with Gasteiger partial charge in [0, 0.05) is 23.1 Å². The summed E-state index contributed by atoms with van der Waals surface area (Å²) in [7, 11) is 0. The Kier molecular flexibility index (Phi) is 5.31. The van der Waals surface area contributed by atoms with Crippen molar-refractivity contribution in [3.63, 3.8) is 0 Å². The first kappa shape index (κ1) is 15.0. The van der Waals surface area contributed by atoms with Gasteiger partial charge in [-0.05, 0) is 34.1 Å². The largest absolute Gasteiger partial charge is 0.478 e. The summed E-state index contributed by atoms with van der Waals surface area (Å²) >= 11 is 3.09. The molecular formula is C11H12BrN3O4. The molecule has 0 aromatic heterocycles. The lowest BCUT2D eigenvalue weighted by molar-refractivity contribution is -0.117. The van der Waals surface area contributed by atoms with Crippen molar-refractivity contribution in [1.29, 1.82) is 0 Å². The molecule has 0 saturated carbocycles. The molecule has 0 spiro atoms. The molecule has 1 aromatic rings. The third-order valence-electron chi connectivity index (χ3n) is 2.11. The van der Waals surface area contributed by atoms with E-state index in [1.807, 2.05) is 0 Å². The summed E-state index contributed by atoms with van der Waals surface area (Å²) in [4.78, 5) is 32.8. The van der Waals surface area contributed by atoms with Crippen molar-refractivity contribution in [3.05, 3.63) is 28.2 Å². The number of amides is 3. The number of carboxylic acids is 1. The van der Waals surface area contributed by atoms with Crippen LogP contribution in [0.1, 0.15) is 16.8 Å². The molecule has 0 fully saturated rings. The second kappa shape index (κ2) is 6.74. The van der Waals surface area contributed by atoms with E-state index < -0.39 is 17.9 Å². The minimum absolute atomic E-state index is 0.0358. The minimum atomic E-state index is -1.11. The number of urea groups is 1. The summed E-state index contributed by atoms with van der Waals surface area (Å²) in [6, 6.07) is 3.84. The van der Waals surface area contributed by atoms with Crippen LogP contribution in [0.2, 0.25) is 0 Å². The molecule has 1 aromatic carbocycles. The molecule has 1 rings (SSSR count). The molecule has 3 amide bonds. The van der Waals surface area contributed by atoms with Crippen LogP contribution in [-0.2, 0) is 4.79 Å². The van der Waals surface area contributed by atoms with Crippen molar-refractivity contribution in [1.82, 2.24) is 5.32 Å². The number of anilines is 1. The van der Waals surface area contributed by atoms with Crippen molar-refractivity contribution < 1.29 is 19.5 Å². The fourth-order valence-electron chi connectivity index (χ4n) is 1.24. The molecule has 0 aliphatic carbocycles. The second-order valence-corrected chi connectivity index (χ2v) is 4.45. The zero-order chi connectivity index (χ0) is 14.4. The summed E-state index contributed by atoms with van der Waals surface area (Å²) in [6.07, 6.45) is 0.0358. The molecule has 19 heavy (non-hydrogen) atoms. The zero-order valence-electron chi connectivity index (χ0n) is 9.77. The van der Waals surface area contributed by atoms with Crippen LogP contribution < -0.4 is 16.4 Å². The molecule has 0 atom stereocenters. The van der Waals surface area contributed by atoms with E-state index >= 15 is 0 Å². The van der Waals surface area contributed by atoms with Gasteiger partial charge in [0.1, 0.15) is 0 Å². The van der Waals surface area contributed by atoms with E-state index in [-0.39, 0.29) is 18.5 Å². The lowest BCUT2D eigenvalue weighted by Gasteiger charge is -2.08. The van der Waals surface area contributed by atoms with Gasteiger partial charge in [-0.25, -0.2) is 9.59 Å². The van der Waals surface area contributed by atoms with Gasteiger partial charge in [0.2, 0.25) is 5.91 Å². The Morgan fingerprint density at radius 3 is 2.58 bits per heavy atom. The molecule has 0 aliphatic rings. The number of rotatable bonds is 5. The fourth-order valence-corrected chi connectivity index (χ4v) is 1.66. The van der Waals surface area contributed by atoms with Crippen molar-refractivity contribution >= 4 is 39.5 Å². The van der Waals surface area contributed by atoms with E-state index in [0.29, 0.717) is 10.2 Å². The highest BCUT2D eigenvalue weighted by Gasteiger charge is 2.10. The lowest BCUT2D eigenvalue weighted by atomic mass is 10.2. The predicted molar refractivity (Wildman–Crippen MR) is 71.9 cm³/mol. The standard InChI is InChI=1S/C11H12BrN3O4/c12-8-2-1-6(5-7(8)10(17)18)15-11(19)14-4-3-9(13)16/h1-2,5H,3-4H2,(H2,13,16)(H,17,18)(H2,14,15,19). The summed E-state index contributed by atoms with van der Waals surface area (Å²) in [5, 5.41) is 13.8. The smallest absolute Gasteiger partial charge is 0.336 e. The van der Waals surface area contributed by atoms with Crippen molar-refractivity contribution in [2.75, 3.05) is 11.9 Å². The first-order valence-corrected chi connectivity index (χ1v) is 6.05. The normalized spacial score (nSPS) is 9.74. The number of carbonyl (C=O) groups excluding carboxylic acids is 2. The van der Waals surface area contributed by atoms with Gasteiger partial charge in [0.25, 0.3) is 0 Å². The highest BCUT2D eigenvalue weighted by molar-refractivity contribution is 9.10. The first-order valence-electron chi connectivity index (χ1n) is 5.26. The van der Waals surface area contributed by atoms with Crippen LogP contribution in [0, 0.1) is 0 Å². The Bertz CT molecular complexity index is 519. The molecule has 0 aliphatic heterocycles. The molecule has 0 saturated heterocycles. The number of nitrogens with two attached hydrogens (primary N) is 1. The molecule has 7 nitrogen and oxygen atoms in total. The van der Waals surface area contributed by atoms with Gasteiger partial charge in [0.15, 0.2) is 0 Å². The van der Waals surface area contributed by atoms with E-state index in [2.05, 4.69) is 26.6 Å². The second-order valence-electron chi connectivity index (χ2n) is 3.60. The average molecular weight is 330 g/mol. The molecule has 102 valence electrons. The number of benzene rings is 1. The van der Waals surface area contributed by atoms with Crippen molar-refractivity contribution in [2.45, 2.75) is 6.42 Å². The Morgan fingerprint density at radius 1 is 1.32 bits per heavy atom. The maximum absolute atomic E-state index is 11.4. The zero-order valence-corrected chi connectivity index (χ0v) is 11.4. The Morgan fingerprint density at radius 2 is 2.00 bits per heavy atom. The molecule has 0 bridgehead atoms. The van der Waals surface area contributed by atoms with Gasteiger partial charge >= 0.3 is 12.0 Å². The van der Waals surface area contributed by atoms with Crippen LogP contribution in [0.4, 0.5) is 10.5 Å². The van der Waals surface area contributed by atoms with Crippen LogP contribution in [-0.4, -0.2) is 29.6 Å². The Balaban J connectivity index is 2.62. The van der Waals surface area contributed by atoms with Gasteiger partial charge < -0.3 is 21.5 Å². The van der Waals surface area contributed by atoms with Gasteiger partial charge in [0.05, 0.1) is 5.56 Å². The van der Waals surface area contributed by atoms with E-state index in [0.717, 1.165) is 0 Å². The van der Waals surface area contributed by atoms with Crippen LogP contribution >= 0.6 is 15.9 Å². The van der Waals surface area contributed by atoms with Gasteiger partial charge in [-0.1, -0.05) is 0 Å². The SMILES string of the molecule is NC(=O)CCNC(=O)Nc1ccc(Br)c(C(=O)O)c1. The topological polar surface area (TPSA) is 122 Å². The number of carboxylic acid groups (broad SMARTS) is 1. The maximum atomic E-state index is 11.4. The summed E-state index contributed by atoms with van der Waals surface area (Å²) in [6.45, 7) is 0.115. The minimum Gasteiger partial charge on any atom is -0.478 e. The molecule has 0 heterocycles. The van der Waals surface area contributed by atoms with Gasteiger partial charge in [-0.15, -0.1) is 0 Å². The molecule has 8 heteroatoms. The van der Waals surface area contributed by atoms with E-state index in [1.54, 1.807) is 6.07 Å². The fraction of sp³-hybridized carbons (Fsp3) is 0.182. The summed E-state index contributed by atoms with van der Waals surface area (Å²) < 4.78 is 0.416. The summed E-state index contributed by atoms with van der Waals surface area (Å²) in [5.41, 5.74) is 5.29. The highest BCUT2D eigenvalue weighted by Crippen LogP contribution is 2.21. The van der Waals surface area contributed by atoms with E-state index in [9.17, 15) is 14.4 Å². The number of carbonyl (C=O) groups is 3. The Hall–Kier alpha value is -2.09. The third-order valence-corrected chi connectivity index (χ3v) is 2.80. The van der Waals surface area contributed by atoms with Crippen LogP contribution in [0.25, 0.3) is 0 Å². The van der Waals surface area contributed by atoms with Gasteiger partial charge in [-0.2, -0.15) is 0 Å². The number of nitrogens with one attached hydrogen (secondary N) is 2. The van der Waals surface area contributed by atoms with Crippen molar-refractivity contribution in [3.8, 4) is 0 Å². The lowest BCUT2D eigenvalue weighted by Crippen LogP contribution is -2.31. The number of hydrogen-bond acceptors (Lipinski definition) is 3. The van der Waals surface area contributed by atoms with E-state index in [1.165, 1.54) is 12.1 Å². The third kappa shape index (κ3) is 4.96. The molecule has 0 radical (unpaired) electrons. The first-order chi connectivity index (χ1) is 8.90. The molecular weight excluding hydrogens is 318 g/mol. The van der Waals surface area contributed by atoms with Crippen LogP contribution in [0.5, 0.6) is 0 Å². The van der Waals surface area contributed by atoms with Crippen molar-refractivity contribution in [2.24, 2.45) is 5.73 Å². The van der Waals surface area contributed by atoms with Crippen LogP contribution in [0.15, 0.2) is 22.7 Å². The van der Waals surface area contributed by atoms with Crippen LogP contribution in [0.3, 0.4) is 0 Å². The van der Waals surface area contributed by atoms with Gasteiger partial charge in [-0.3, -0.25) is 4.79 Å². The number of halogens is 1. The molecule has 0 unspecified atom stereocenters. The highest BCUT2D eigenvalue weighted by atomic mass is 79.9.